The van der Waals surface area contributed by atoms with E-state index >= 15 is 0 Å². The van der Waals surface area contributed by atoms with Crippen LogP contribution in [-0.2, 0) is 0 Å². The molecule has 1 unspecified atom stereocenters. The van der Waals surface area contributed by atoms with Crippen LogP contribution in [0.5, 0.6) is 0 Å². The van der Waals surface area contributed by atoms with Crippen molar-refractivity contribution in [3.05, 3.63) is 54.4 Å². The van der Waals surface area contributed by atoms with Crippen molar-refractivity contribution in [2.45, 2.75) is 12.3 Å². The second kappa shape index (κ2) is 8.40. The third-order valence-electron chi connectivity index (χ3n) is 6.74. The van der Waals surface area contributed by atoms with Gasteiger partial charge in [0.15, 0.2) is 11.5 Å². The second-order valence-electron chi connectivity index (χ2n) is 9.05. The predicted molar refractivity (Wildman–Crippen MR) is 131 cm³/mol. The monoisotopic (exact) mass is 498 g/mol. The molecule has 1 saturated heterocycles. The summed E-state index contributed by atoms with van der Waals surface area (Å²) in [5, 5.41) is 3.74. The Balaban J connectivity index is 1.11. The van der Waals surface area contributed by atoms with E-state index in [-0.39, 0.29) is 12.3 Å². The fourth-order valence-corrected chi connectivity index (χ4v) is 5.54. The molecule has 1 saturated carbocycles. The lowest BCUT2D eigenvalue weighted by atomic mass is 10.1. The summed E-state index contributed by atoms with van der Waals surface area (Å²) in [7, 11) is 1.90. The molecule has 11 heteroatoms. The minimum atomic E-state index is -2.53. The van der Waals surface area contributed by atoms with Crippen LogP contribution in [0.3, 0.4) is 0 Å². The zero-order chi connectivity index (χ0) is 24.2. The van der Waals surface area contributed by atoms with E-state index in [9.17, 15) is 13.6 Å². The van der Waals surface area contributed by atoms with Crippen LogP contribution < -0.4 is 13.5 Å². The van der Waals surface area contributed by atoms with Crippen molar-refractivity contribution in [2.24, 2.45) is 5.92 Å². The number of pyridine rings is 1. The number of halogens is 2. The standard InChI is InChI=1S/C24H24F2N6O2S/c1-29-22-21(32(35-29)15-17-14-24(17,25)26)7-6-19(27-22)16-2-4-18(5-3-16)30-9-11-31(12-10-30)23(33)20-8-13-34-28-20/h2-8,13,17H,9-12,14-15H2,1H3. The first-order chi connectivity index (χ1) is 16.9. The van der Waals surface area contributed by atoms with Gasteiger partial charge in [-0.05, 0) is 24.3 Å². The van der Waals surface area contributed by atoms with Crippen molar-refractivity contribution in [3.8, 4) is 11.3 Å². The van der Waals surface area contributed by atoms with Gasteiger partial charge in [0.25, 0.3) is 11.8 Å². The average Bonchev–Trinajstić information content (AvgIpc) is 3.23. The first-order valence-corrected chi connectivity index (χ1v) is 12.3. The molecule has 3 aromatic rings. The number of fused-ring (bicyclic) bond motifs is 1. The summed E-state index contributed by atoms with van der Waals surface area (Å²) in [6.45, 7) is 3.03. The van der Waals surface area contributed by atoms with Crippen molar-refractivity contribution in [1.29, 1.82) is 0 Å². The van der Waals surface area contributed by atoms with Gasteiger partial charge in [-0.2, -0.15) is 0 Å². The molecule has 6 rings (SSSR count). The summed E-state index contributed by atoms with van der Waals surface area (Å²) in [4.78, 5) is 21.3. The number of rotatable bonds is 5. The molecule has 0 bridgehead atoms. The Hall–Kier alpha value is -3.34. The molecule has 2 aromatic heterocycles. The maximum absolute atomic E-state index is 13.4. The van der Waals surface area contributed by atoms with Crippen molar-refractivity contribution in [1.82, 2.24) is 15.0 Å². The number of carbonyl (C=O) groups is 1. The number of carbonyl (C=O) groups excluding carboxylic acids is 1. The molecule has 0 spiro atoms. The third kappa shape index (κ3) is 4.18. The molecule has 4 heterocycles. The first kappa shape index (κ1) is 22.1. The lowest BCUT2D eigenvalue weighted by molar-refractivity contribution is 0.0736. The molecule has 1 amide bonds. The fourth-order valence-electron chi connectivity index (χ4n) is 4.55. The number of benzene rings is 1. The zero-order valence-corrected chi connectivity index (χ0v) is 19.9. The normalized spacial score (nSPS) is 20.8. The number of piperazine rings is 1. The molecule has 0 radical (unpaired) electrons. The van der Waals surface area contributed by atoms with E-state index in [1.165, 1.54) is 18.4 Å². The molecule has 8 nitrogen and oxygen atoms in total. The third-order valence-corrected chi connectivity index (χ3v) is 7.70. The van der Waals surface area contributed by atoms with E-state index in [2.05, 4.69) is 22.2 Å². The maximum atomic E-state index is 13.4. The quantitative estimate of drug-likeness (QED) is 0.486. The number of nitrogens with zero attached hydrogens (tertiary/aromatic N) is 6. The molecular formula is C24H24F2N6O2S. The zero-order valence-electron chi connectivity index (χ0n) is 19.1. The molecule has 182 valence electrons. The van der Waals surface area contributed by atoms with Crippen LogP contribution in [0.2, 0.25) is 0 Å². The lowest BCUT2D eigenvalue weighted by Gasteiger charge is -2.35. The van der Waals surface area contributed by atoms with Gasteiger partial charge < -0.3 is 14.3 Å². The highest BCUT2D eigenvalue weighted by atomic mass is 32.2. The summed E-state index contributed by atoms with van der Waals surface area (Å²) in [5.74, 6) is -2.43. The Morgan fingerprint density at radius 3 is 2.51 bits per heavy atom. The van der Waals surface area contributed by atoms with Gasteiger partial charge in [0.1, 0.15) is 6.26 Å². The van der Waals surface area contributed by atoms with Gasteiger partial charge in [-0.3, -0.25) is 13.4 Å². The number of aromatic nitrogens is 2. The molecule has 1 aromatic carbocycles. The Morgan fingerprint density at radius 2 is 1.86 bits per heavy atom. The van der Waals surface area contributed by atoms with E-state index in [4.69, 9.17) is 9.51 Å². The predicted octanol–water partition coefficient (Wildman–Crippen LogP) is 4.17. The van der Waals surface area contributed by atoms with E-state index in [0.29, 0.717) is 25.3 Å². The number of alkyl halides is 2. The highest BCUT2D eigenvalue weighted by molar-refractivity contribution is 8.02. The van der Waals surface area contributed by atoms with Crippen molar-refractivity contribution in [2.75, 3.05) is 53.3 Å². The van der Waals surface area contributed by atoms with Crippen LogP contribution in [0.1, 0.15) is 16.9 Å². The Morgan fingerprint density at radius 1 is 1.11 bits per heavy atom. The molecule has 1 atom stereocenters. The number of hydrogen-bond donors (Lipinski definition) is 0. The van der Waals surface area contributed by atoms with Gasteiger partial charge in [0.05, 0.1) is 23.5 Å². The van der Waals surface area contributed by atoms with E-state index in [0.717, 1.165) is 41.5 Å². The highest BCUT2D eigenvalue weighted by Crippen LogP contribution is 2.52. The Labute approximate surface area is 205 Å². The minimum Gasteiger partial charge on any atom is -0.368 e. The molecule has 0 N–H and O–H groups in total. The van der Waals surface area contributed by atoms with Crippen LogP contribution in [-0.4, -0.2) is 66.6 Å². The second-order valence-corrected chi connectivity index (χ2v) is 10.2. The average molecular weight is 499 g/mol. The van der Waals surface area contributed by atoms with E-state index in [1.807, 2.05) is 39.9 Å². The summed E-state index contributed by atoms with van der Waals surface area (Å²) < 4.78 is 35.4. The molecule has 35 heavy (non-hydrogen) atoms. The Bertz CT molecular complexity index is 1230. The number of hydrogen-bond acceptors (Lipinski definition) is 8. The van der Waals surface area contributed by atoms with E-state index in [1.54, 1.807) is 11.0 Å². The van der Waals surface area contributed by atoms with Crippen LogP contribution in [0.15, 0.2) is 53.3 Å². The fraction of sp³-hybridized carbons (Fsp3) is 0.375. The van der Waals surface area contributed by atoms with Crippen molar-refractivity contribution in [3.63, 3.8) is 0 Å². The topological polar surface area (TPSA) is 69.0 Å². The van der Waals surface area contributed by atoms with Gasteiger partial charge in [0, 0.05) is 69.4 Å². The Kier molecular flexibility index (Phi) is 5.32. The molecule has 1 aliphatic carbocycles. The van der Waals surface area contributed by atoms with Crippen molar-refractivity contribution >= 4 is 35.2 Å². The largest absolute Gasteiger partial charge is 0.368 e. The van der Waals surface area contributed by atoms with Crippen LogP contribution in [0, 0.1) is 5.92 Å². The minimum absolute atomic E-state index is 0.0338. The van der Waals surface area contributed by atoms with Gasteiger partial charge in [-0.25, -0.2) is 13.8 Å². The van der Waals surface area contributed by atoms with E-state index < -0.39 is 11.8 Å². The van der Waals surface area contributed by atoms with Gasteiger partial charge >= 0.3 is 0 Å². The number of anilines is 3. The first-order valence-electron chi connectivity index (χ1n) is 11.5. The smallest absolute Gasteiger partial charge is 0.276 e. The van der Waals surface area contributed by atoms with Crippen LogP contribution in [0.25, 0.3) is 11.3 Å². The van der Waals surface area contributed by atoms with Crippen LogP contribution in [0.4, 0.5) is 26.0 Å². The molecule has 2 aliphatic heterocycles. The summed E-state index contributed by atoms with van der Waals surface area (Å²) >= 11 is 1.42. The summed E-state index contributed by atoms with van der Waals surface area (Å²) in [5.41, 5.74) is 4.12. The summed E-state index contributed by atoms with van der Waals surface area (Å²) in [6.07, 6.45) is 1.37. The van der Waals surface area contributed by atoms with Gasteiger partial charge in [0.2, 0.25) is 0 Å². The van der Waals surface area contributed by atoms with Crippen LogP contribution >= 0.6 is 12.1 Å². The summed E-state index contributed by atoms with van der Waals surface area (Å²) in [6, 6.07) is 13.7. The molecule has 3 aliphatic rings. The van der Waals surface area contributed by atoms with Crippen molar-refractivity contribution < 1.29 is 18.1 Å². The molecule has 2 fully saturated rings. The lowest BCUT2D eigenvalue weighted by Crippen LogP contribution is -2.48. The SMILES string of the molecule is CN1SN(CC2CC2(F)F)c2ccc(-c3ccc(N4CCN(C(=O)c5ccon5)CC4)cc3)nc21. The van der Waals surface area contributed by atoms with Gasteiger partial charge in [-0.15, -0.1) is 0 Å². The molecular weight excluding hydrogens is 474 g/mol. The van der Waals surface area contributed by atoms with Gasteiger partial charge in [-0.1, -0.05) is 17.3 Å². The maximum Gasteiger partial charge on any atom is 0.276 e. The number of amides is 1. The highest BCUT2D eigenvalue weighted by Gasteiger charge is 2.57.